The normalized spacial score (nSPS) is 27.7. The minimum absolute atomic E-state index is 0.0105. The minimum atomic E-state index is -0.344. The number of piperidine rings is 1. The van der Waals surface area contributed by atoms with E-state index in [1.807, 2.05) is 0 Å². The van der Waals surface area contributed by atoms with Gasteiger partial charge in [-0.05, 0) is 68.7 Å². The first-order chi connectivity index (χ1) is 14.2. The Hall–Kier alpha value is -1.14. The topological polar surface area (TPSA) is 78.7 Å². The van der Waals surface area contributed by atoms with Gasteiger partial charge < -0.3 is 16.0 Å². The average molecular weight is 423 g/mol. The van der Waals surface area contributed by atoms with E-state index >= 15 is 0 Å². The molecule has 1 aliphatic heterocycles. The highest BCUT2D eigenvalue weighted by Gasteiger charge is 2.37. The Morgan fingerprint density at radius 3 is 2.07 bits per heavy atom. The van der Waals surface area contributed by atoms with Crippen LogP contribution in [-0.4, -0.2) is 66.4 Å². The molecule has 2 fully saturated rings. The smallest absolute Gasteiger partial charge is 0.242 e. The van der Waals surface area contributed by atoms with Crippen molar-refractivity contribution in [3.63, 3.8) is 0 Å². The van der Waals surface area contributed by atoms with Crippen molar-refractivity contribution >= 4 is 11.8 Å². The predicted molar refractivity (Wildman–Crippen MR) is 123 cm³/mol. The molecule has 1 unspecified atom stereocenters. The largest absolute Gasteiger partial charge is 0.354 e. The molecule has 2 amide bonds. The average Bonchev–Trinajstić information content (AvgIpc) is 2.70. The van der Waals surface area contributed by atoms with Crippen molar-refractivity contribution < 1.29 is 9.59 Å². The van der Waals surface area contributed by atoms with Crippen molar-refractivity contribution in [3.8, 4) is 0 Å². The standard InChI is InChI=1S/C24H46N4O2/c1-17(2)15-27(16-18(3)4)22-10-11-28(19(5)29)23(12-22)24(30)26-14-21-8-6-20(13-25)7-9-21/h17-18,20-23H,6-16,25H2,1-5H3,(H,26,30)/t20?,21?,22?,23-/m1/s1. The maximum atomic E-state index is 13.1. The Labute approximate surface area is 184 Å². The third kappa shape index (κ3) is 7.52. The summed E-state index contributed by atoms with van der Waals surface area (Å²) < 4.78 is 0. The summed E-state index contributed by atoms with van der Waals surface area (Å²) in [5, 5.41) is 3.20. The van der Waals surface area contributed by atoms with Crippen LogP contribution in [0.1, 0.15) is 73.1 Å². The number of hydrogen-bond acceptors (Lipinski definition) is 4. The number of carbonyl (C=O) groups excluding carboxylic acids is 2. The Kier molecular flexibility index (Phi) is 10.1. The lowest BCUT2D eigenvalue weighted by Gasteiger charge is -2.43. The molecule has 1 saturated carbocycles. The maximum Gasteiger partial charge on any atom is 0.242 e. The van der Waals surface area contributed by atoms with Gasteiger partial charge in [0.05, 0.1) is 0 Å². The van der Waals surface area contributed by atoms with Crippen LogP contribution in [-0.2, 0) is 9.59 Å². The number of likely N-dealkylation sites (tertiary alicyclic amines) is 1. The van der Waals surface area contributed by atoms with Crippen molar-refractivity contribution in [2.45, 2.75) is 85.2 Å². The number of hydrogen-bond donors (Lipinski definition) is 2. The van der Waals surface area contributed by atoms with Crippen LogP contribution in [0.3, 0.4) is 0 Å². The molecule has 30 heavy (non-hydrogen) atoms. The molecular formula is C24H46N4O2. The van der Waals surface area contributed by atoms with Gasteiger partial charge in [0, 0.05) is 39.1 Å². The number of amides is 2. The fourth-order valence-corrected chi connectivity index (χ4v) is 5.25. The fraction of sp³-hybridized carbons (Fsp3) is 0.917. The van der Waals surface area contributed by atoms with Crippen LogP contribution in [0.5, 0.6) is 0 Å². The molecule has 6 heteroatoms. The predicted octanol–water partition coefficient (Wildman–Crippen LogP) is 2.86. The molecule has 2 rings (SSSR count). The quantitative estimate of drug-likeness (QED) is 0.599. The highest BCUT2D eigenvalue weighted by Crippen LogP contribution is 2.28. The minimum Gasteiger partial charge on any atom is -0.354 e. The van der Waals surface area contributed by atoms with Gasteiger partial charge in [-0.15, -0.1) is 0 Å². The van der Waals surface area contributed by atoms with Gasteiger partial charge in [0.2, 0.25) is 11.8 Å². The zero-order valence-electron chi connectivity index (χ0n) is 20.0. The summed E-state index contributed by atoms with van der Waals surface area (Å²) in [5.74, 6) is 2.41. The Morgan fingerprint density at radius 2 is 1.57 bits per heavy atom. The molecule has 1 saturated heterocycles. The number of carbonyl (C=O) groups is 2. The molecule has 6 nitrogen and oxygen atoms in total. The van der Waals surface area contributed by atoms with Crippen LogP contribution in [0.4, 0.5) is 0 Å². The number of rotatable bonds is 9. The van der Waals surface area contributed by atoms with E-state index in [9.17, 15) is 9.59 Å². The highest BCUT2D eigenvalue weighted by molar-refractivity contribution is 5.87. The highest BCUT2D eigenvalue weighted by atomic mass is 16.2. The first kappa shape index (κ1) is 25.1. The van der Waals surface area contributed by atoms with Gasteiger partial charge in [0.15, 0.2) is 0 Å². The SMILES string of the molecule is CC(=O)N1CCC(N(CC(C)C)CC(C)C)C[C@@H]1C(=O)NCC1CCC(CN)CC1. The van der Waals surface area contributed by atoms with Gasteiger partial charge in [0.25, 0.3) is 0 Å². The van der Waals surface area contributed by atoms with E-state index in [0.717, 1.165) is 51.9 Å². The lowest BCUT2D eigenvalue weighted by Crippen LogP contribution is -2.58. The molecule has 174 valence electrons. The molecule has 0 aromatic carbocycles. The van der Waals surface area contributed by atoms with E-state index in [0.29, 0.717) is 36.3 Å². The third-order valence-corrected chi connectivity index (χ3v) is 6.86. The molecule has 1 aliphatic carbocycles. The van der Waals surface area contributed by atoms with Gasteiger partial charge in [-0.25, -0.2) is 0 Å². The molecular weight excluding hydrogens is 376 g/mol. The summed E-state index contributed by atoms with van der Waals surface area (Å²) in [5.41, 5.74) is 5.80. The van der Waals surface area contributed by atoms with Crippen molar-refractivity contribution in [1.29, 1.82) is 0 Å². The first-order valence-corrected chi connectivity index (χ1v) is 12.2. The summed E-state index contributed by atoms with van der Waals surface area (Å²) in [4.78, 5) is 29.7. The molecule has 2 aliphatic rings. The van der Waals surface area contributed by atoms with E-state index in [1.54, 1.807) is 11.8 Å². The lowest BCUT2D eigenvalue weighted by molar-refractivity contribution is -0.142. The van der Waals surface area contributed by atoms with Crippen LogP contribution in [0.2, 0.25) is 0 Å². The van der Waals surface area contributed by atoms with E-state index < -0.39 is 0 Å². The molecule has 3 N–H and O–H groups in total. The van der Waals surface area contributed by atoms with Crippen LogP contribution < -0.4 is 11.1 Å². The van der Waals surface area contributed by atoms with E-state index in [1.165, 1.54) is 12.8 Å². The van der Waals surface area contributed by atoms with Crippen molar-refractivity contribution in [2.24, 2.45) is 29.4 Å². The van der Waals surface area contributed by atoms with Gasteiger partial charge in [-0.3, -0.25) is 14.5 Å². The first-order valence-electron chi connectivity index (χ1n) is 12.2. The third-order valence-electron chi connectivity index (χ3n) is 6.86. The zero-order valence-corrected chi connectivity index (χ0v) is 20.0. The van der Waals surface area contributed by atoms with E-state index in [-0.39, 0.29) is 17.9 Å². The maximum absolute atomic E-state index is 13.1. The second-order valence-corrected chi connectivity index (χ2v) is 10.5. The molecule has 2 atom stereocenters. The number of nitrogens with zero attached hydrogens (tertiary/aromatic N) is 2. The summed E-state index contributed by atoms with van der Waals surface area (Å²) >= 11 is 0. The molecule has 0 radical (unpaired) electrons. The van der Waals surface area contributed by atoms with Crippen LogP contribution in [0, 0.1) is 23.7 Å². The molecule has 0 aromatic heterocycles. The molecule has 0 bridgehead atoms. The fourth-order valence-electron chi connectivity index (χ4n) is 5.25. The molecule has 1 heterocycles. The summed E-state index contributed by atoms with van der Waals surface area (Å²) in [6, 6.07) is 0.0181. The number of nitrogens with two attached hydrogens (primary N) is 1. The van der Waals surface area contributed by atoms with Gasteiger partial charge in [-0.1, -0.05) is 27.7 Å². The van der Waals surface area contributed by atoms with Crippen LogP contribution in [0.15, 0.2) is 0 Å². The van der Waals surface area contributed by atoms with Gasteiger partial charge in [-0.2, -0.15) is 0 Å². The van der Waals surface area contributed by atoms with Crippen molar-refractivity contribution in [1.82, 2.24) is 15.1 Å². The molecule has 0 spiro atoms. The number of nitrogens with one attached hydrogen (secondary N) is 1. The van der Waals surface area contributed by atoms with Crippen molar-refractivity contribution in [3.05, 3.63) is 0 Å². The Bertz CT molecular complexity index is 533. The second-order valence-electron chi connectivity index (χ2n) is 10.5. The van der Waals surface area contributed by atoms with Gasteiger partial charge >= 0.3 is 0 Å². The van der Waals surface area contributed by atoms with Crippen molar-refractivity contribution in [2.75, 3.05) is 32.7 Å². The second kappa shape index (κ2) is 12.0. The summed E-state index contributed by atoms with van der Waals surface area (Å²) in [7, 11) is 0. The zero-order chi connectivity index (χ0) is 22.3. The Balaban J connectivity index is 1.98. The van der Waals surface area contributed by atoms with Crippen LogP contribution in [0.25, 0.3) is 0 Å². The van der Waals surface area contributed by atoms with E-state index in [2.05, 4.69) is 37.9 Å². The summed E-state index contributed by atoms with van der Waals surface area (Å²) in [6.45, 7) is 14.9. The van der Waals surface area contributed by atoms with E-state index in [4.69, 9.17) is 5.73 Å². The molecule has 0 aromatic rings. The summed E-state index contributed by atoms with van der Waals surface area (Å²) in [6.07, 6.45) is 6.31. The lowest BCUT2D eigenvalue weighted by atomic mass is 9.82. The van der Waals surface area contributed by atoms with Gasteiger partial charge in [0.1, 0.15) is 6.04 Å². The van der Waals surface area contributed by atoms with Crippen LogP contribution >= 0.6 is 0 Å². The Morgan fingerprint density at radius 1 is 1.00 bits per heavy atom. The monoisotopic (exact) mass is 422 g/mol.